The van der Waals surface area contributed by atoms with Gasteiger partial charge in [-0.3, -0.25) is 0 Å². The zero-order valence-corrected chi connectivity index (χ0v) is 19.7. The molecule has 0 bridgehead atoms. The van der Waals surface area contributed by atoms with E-state index in [1.165, 1.54) is 82.8 Å². The van der Waals surface area contributed by atoms with Gasteiger partial charge in [-0.2, -0.15) is 5.26 Å². The van der Waals surface area contributed by atoms with Gasteiger partial charge in [0, 0.05) is 6.08 Å². The fourth-order valence-electron chi connectivity index (χ4n) is 5.98. The second kappa shape index (κ2) is 13.1. The van der Waals surface area contributed by atoms with Crippen molar-refractivity contribution in [3.63, 3.8) is 0 Å². The lowest BCUT2D eigenvalue weighted by molar-refractivity contribution is -0.274. The van der Waals surface area contributed by atoms with E-state index in [-0.39, 0.29) is 5.75 Å². The minimum absolute atomic E-state index is 0.149. The highest BCUT2D eigenvalue weighted by molar-refractivity contribution is 5.27. The first-order valence-electron chi connectivity index (χ1n) is 12.8. The Morgan fingerprint density at radius 1 is 0.848 bits per heavy atom. The molecule has 3 rings (SSSR count). The zero-order valence-electron chi connectivity index (χ0n) is 19.7. The SMILES string of the molecule is N#C/C=C/CCC1CCC([C@H]2CC[C@H](CCCCc3ccc(OC(F)(F)F)cc3)CC2)CC1. The summed E-state index contributed by atoms with van der Waals surface area (Å²) in [6.45, 7) is 0. The normalized spacial score (nSPS) is 26.2. The third kappa shape index (κ3) is 9.43. The Bertz CT molecular complexity index is 749. The molecule has 2 nitrogen and oxygen atoms in total. The average Bonchev–Trinajstić information content (AvgIpc) is 2.81. The summed E-state index contributed by atoms with van der Waals surface area (Å²) < 4.78 is 40.7. The van der Waals surface area contributed by atoms with Gasteiger partial charge in [-0.25, -0.2) is 0 Å². The third-order valence-corrected chi connectivity index (χ3v) is 7.87. The second-order valence-electron chi connectivity index (χ2n) is 10.1. The summed E-state index contributed by atoms with van der Waals surface area (Å²) in [4.78, 5) is 0. The Labute approximate surface area is 197 Å². The number of nitriles is 1. The summed E-state index contributed by atoms with van der Waals surface area (Å²) in [5, 5.41) is 8.58. The molecule has 0 amide bonds. The van der Waals surface area contributed by atoms with Crippen LogP contribution in [0.4, 0.5) is 13.2 Å². The molecule has 1 aromatic carbocycles. The molecule has 0 saturated heterocycles. The lowest BCUT2D eigenvalue weighted by atomic mass is 9.68. The quantitative estimate of drug-likeness (QED) is 0.258. The first-order chi connectivity index (χ1) is 15.9. The number of unbranched alkanes of at least 4 members (excludes halogenated alkanes) is 1. The molecule has 0 radical (unpaired) electrons. The van der Waals surface area contributed by atoms with E-state index < -0.39 is 6.36 Å². The van der Waals surface area contributed by atoms with Crippen LogP contribution in [0, 0.1) is 35.0 Å². The highest BCUT2D eigenvalue weighted by Crippen LogP contribution is 2.43. The zero-order chi connectivity index (χ0) is 23.5. The van der Waals surface area contributed by atoms with Gasteiger partial charge in [-0.15, -0.1) is 13.2 Å². The summed E-state index contributed by atoms with van der Waals surface area (Å²) >= 11 is 0. The molecule has 0 heterocycles. The predicted molar refractivity (Wildman–Crippen MR) is 126 cm³/mol. The number of ether oxygens (including phenoxy) is 1. The van der Waals surface area contributed by atoms with Crippen LogP contribution >= 0.6 is 0 Å². The summed E-state index contributed by atoms with van der Waals surface area (Å²) in [7, 11) is 0. The Hall–Kier alpha value is -1.96. The maximum absolute atomic E-state index is 12.2. The van der Waals surface area contributed by atoms with Crippen molar-refractivity contribution in [3.05, 3.63) is 42.0 Å². The van der Waals surface area contributed by atoms with Gasteiger partial charge < -0.3 is 4.74 Å². The first-order valence-corrected chi connectivity index (χ1v) is 12.8. The van der Waals surface area contributed by atoms with Gasteiger partial charge in [-0.1, -0.05) is 56.7 Å². The lowest BCUT2D eigenvalue weighted by Crippen LogP contribution is -2.25. The summed E-state index contributed by atoms with van der Waals surface area (Å²) in [5.41, 5.74) is 1.07. The Morgan fingerprint density at radius 2 is 1.42 bits per heavy atom. The van der Waals surface area contributed by atoms with Crippen molar-refractivity contribution in [2.45, 2.75) is 96.3 Å². The van der Waals surface area contributed by atoms with E-state index >= 15 is 0 Å². The number of hydrogen-bond acceptors (Lipinski definition) is 2. The Kier molecular flexibility index (Phi) is 10.2. The topological polar surface area (TPSA) is 33.0 Å². The van der Waals surface area contributed by atoms with E-state index in [0.717, 1.165) is 48.5 Å². The lowest BCUT2D eigenvalue weighted by Gasteiger charge is -2.38. The van der Waals surface area contributed by atoms with Crippen molar-refractivity contribution < 1.29 is 17.9 Å². The molecule has 0 aliphatic heterocycles. The number of hydrogen-bond donors (Lipinski definition) is 0. The van der Waals surface area contributed by atoms with Crippen molar-refractivity contribution in [2.75, 3.05) is 0 Å². The van der Waals surface area contributed by atoms with E-state index in [9.17, 15) is 13.2 Å². The number of benzene rings is 1. The van der Waals surface area contributed by atoms with E-state index in [0.29, 0.717) is 0 Å². The fraction of sp³-hybridized carbons (Fsp3) is 0.679. The maximum Gasteiger partial charge on any atom is 0.573 e. The largest absolute Gasteiger partial charge is 0.573 e. The van der Waals surface area contributed by atoms with Crippen LogP contribution in [0.1, 0.15) is 89.0 Å². The van der Waals surface area contributed by atoms with Crippen LogP contribution in [0.5, 0.6) is 5.75 Å². The molecule has 0 spiro atoms. The van der Waals surface area contributed by atoms with Gasteiger partial charge >= 0.3 is 6.36 Å². The monoisotopic (exact) mass is 461 g/mol. The number of allylic oxidation sites excluding steroid dienone is 2. The first kappa shape index (κ1) is 25.7. The number of aryl methyl sites for hydroxylation is 1. The standard InChI is InChI=1S/C28H38F3NO/c29-28(30,31)33-27-19-13-24(14-20-27)8-4-3-7-23-11-17-26(18-12-23)25-15-9-22(10-16-25)6-2-1-5-21-32/h1,5,13-14,19-20,22-23,25-26H,2-4,6-12,15-18H2/b5-1+/t22?,23-,25?,26-. The molecule has 0 atom stereocenters. The predicted octanol–water partition coefficient (Wildman–Crippen LogP) is 8.77. The average molecular weight is 462 g/mol. The van der Waals surface area contributed by atoms with Crippen LogP contribution in [-0.4, -0.2) is 6.36 Å². The Balaban J connectivity index is 1.25. The second-order valence-corrected chi connectivity index (χ2v) is 10.1. The van der Waals surface area contributed by atoms with Crippen LogP contribution in [0.25, 0.3) is 0 Å². The van der Waals surface area contributed by atoms with Crippen LogP contribution in [0.15, 0.2) is 36.4 Å². The molecular weight excluding hydrogens is 423 g/mol. The highest BCUT2D eigenvalue weighted by atomic mass is 19.4. The number of halogens is 3. The van der Waals surface area contributed by atoms with Crippen LogP contribution in [0.3, 0.4) is 0 Å². The van der Waals surface area contributed by atoms with Gasteiger partial charge in [-0.05, 0) is 92.7 Å². The van der Waals surface area contributed by atoms with Crippen LogP contribution in [0.2, 0.25) is 0 Å². The summed E-state index contributed by atoms with van der Waals surface area (Å²) in [6, 6.07) is 8.37. The van der Waals surface area contributed by atoms with Crippen molar-refractivity contribution in [1.29, 1.82) is 5.26 Å². The molecule has 2 fully saturated rings. The van der Waals surface area contributed by atoms with E-state index in [1.807, 2.05) is 6.08 Å². The minimum atomic E-state index is -4.63. The molecular formula is C28H38F3NO. The van der Waals surface area contributed by atoms with Crippen molar-refractivity contribution >= 4 is 0 Å². The van der Waals surface area contributed by atoms with Crippen molar-refractivity contribution in [3.8, 4) is 11.8 Å². The molecule has 0 N–H and O–H groups in total. The van der Waals surface area contributed by atoms with Gasteiger partial charge in [0.25, 0.3) is 0 Å². The van der Waals surface area contributed by atoms with Gasteiger partial charge in [0.05, 0.1) is 6.07 Å². The van der Waals surface area contributed by atoms with Gasteiger partial charge in [0.2, 0.25) is 0 Å². The molecule has 33 heavy (non-hydrogen) atoms. The molecule has 2 aliphatic rings. The number of alkyl halides is 3. The van der Waals surface area contributed by atoms with Crippen LogP contribution < -0.4 is 4.74 Å². The number of rotatable bonds is 10. The van der Waals surface area contributed by atoms with Crippen molar-refractivity contribution in [2.24, 2.45) is 23.7 Å². The minimum Gasteiger partial charge on any atom is -0.406 e. The summed E-state index contributed by atoms with van der Waals surface area (Å²) in [5.74, 6) is 3.42. The smallest absolute Gasteiger partial charge is 0.406 e. The maximum atomic E-state index is 12.2. The molecule has 1 aromatic rings. The molecule has 5 heteroatoms. The highest BCUT2D eigenvalue weighted by Gasteiger charge is 2.31. The third-order valence-electron chi connectivity index (χ3n) is 7.87. The summed E-state index contributed by atoms with van der Waals surface area (Å²) in [6.07, 6.45) is 16.8. The molecule has 2 aliphatic carbocycles. The van der Waals surface area contributed by atoms with E-state index in [4.69, 9.17) is 5.26 Å². The van der Waals surface area contributed by atoms with Gasteiger partial charge in [0.15, 0.2) is 0 Å². The molecule has 0 unspecified atom stereocenters. The van der Waals surface area contributed by atoms with Crippen molar-refractivity contribution in [1.82, 2.24) is 0 Å². The van der Waals surface area contributed by atoms with Gasteiger partial charge in [0.1, 0.15) is 5.75 Å². The molecule has 2 saturated carbocycles. The Morgan fingerprint density at radius 3 is 1.97 bits per heavy atom. The van der Waals surface area contributed by atoms with Crippen LogP contribution in [-0.2, 0) is 6.42 Å². The van der Waals surface area contributed by atoms with E-state index in [1.54, 1.807) is 18.2 Å². The molecule has 0 aromatic heterocycles. The number of nitrogens with zero attached hydrogens (tertiary/aromatic N) is 1. The molecule has 182 valence electrons. The van der Waals surface area contributed by atoms with E-state index in [2.05, 4.69) is 10.8 Å². The fourth-order valence-corrected chi connectivity index (χ4v) is 5.98.